The zero-order valence-electron chi connectivity index (χ0n) is 15.3. The molecular formula is C21H28ClN3O. The third-order valence-corrected chi connectivity index (χ3v) is 4.80. The van der Waals surface area contributed by atoms with E-state index < -0.39 is 0 Å². The number of amides is 1. The van der Waals surface area contributed by atoms with E-state index in [9.17, 15) is 4.79 Å². The number of carbonyl (C=O) groups is 1. The molecule has 26 heavy (non-hydrogen) atoms. The Morgan fingerprint density at radius 3 is 2.42 bits per heavy atom. The molecule has 0 radical (unpaired) electrons. The van der Waals surface area contributed by atoms with Gasteiger partial charge in [-0.15, -0.1) is 12.4 Å². The largest absolute Gasteiger partial charge is 0.399 e. The molecule has 0 bridgehead atoms. The number of nitrogens with zero attached hydrogens (tertiary/aromatic N) is 1. The van der Waals surface area contributed by atoms with Crippen molar-refractivity contribution in [3.8, 4) is 0 Å². The van der Waals surface area contributed by atoms with Crippen LogP contribution in [0.5, 0.6) is 0 Å². The van der Waals surface area contributed by atoms with Crippen LogP contribution in [0.25, 0.3) is 0 Å². The lowest BCUT2D eigenvalue weighted by molar-refractivity contribution is 0.0951. The van der Waals surface area contributed by atoms with Gasteiger partial charge >= 0.3 is 0 Å². The number of carbonyl (C=O) groups excluding carboxylic acids is 1. The molecule has 1 aliphatic heterocycles. The van der Waals surface area contributed by atoms with Gasteiger partial charge < -0.3 is 11.1 Å². The number of piperidine rings is 1. The van der Waals surface area contributed by atoms with Crippen LogP contribution in [0.3, 0.4) is 0 Å². The van der Waals surface area contributed by atoms with Gasteiger partial charge in [0.05, 0.1) is 0 Å². The minimum atomic E-state index is -0.0774. The van der Waals surface area contributed by atoms with Crippen LogP contribution in [0.4, 0.5) is 5.69 Å². The Morgan fingerprint density at radius 2 is 1.77 bits per heavy atom. The molecule has 1 aliphatic rings. The van der Waals surface area contributed by atoms with Gasteiger partial charge in [-0.1, -0.05) is 31.2 Å². The maximum Gasteiger partial charge on any atom is 0.251 e. The zero-order chi connectivity index (χ0) is 17.6. The number of nitrogen functional groups attached to an aromatic ring is 1. The van der Waals surface area contributed by atoms with Crippen molar-refractivity contribution in [1.29, 1.82) is 0 Å². The van der Waals surface area contributed by atoms with Crippen molar-refractivity contribution >= 4 is 24.0 Å². The summed E-state index contributed by atoms with van der Waals surface area (Å²) in [7, 11) is 0. The van der Waals surface area contributed by atoms with Crippen molar-refractivity contribution in [2.45, 2.75) is 32.9 Å². The highest BCUT2D eigenvalue weighted by Gasteiger charge is 2.16. The Labute approximate surface area is 162 Å². The normalized spacial score (nSPS) is 17.3. The second kappa shape index (κ2) is 9.60. The number of anilines is 1. The average molecular weight is 374 g/mol. The molecule has 1 saturated heterocycles. The van der Waals surface area contributed by atoms with Crippen LogP contribution >= 0.6 is 12.4 Å². The lowest BCUT2D eigenvalue weighted by Crippen LogP contribution is -2.33. The first kappa shape index (κ1) is 20.3. The Kier molecular flexibility index (Phi) is 7.49. The Morgan fingerprint density at radius 1 is 1.12 bits per heavy atom. The van der Waals surface area contributed by atoms with Crippen LogP contribution in [0.1, 0.15) is 41.3 Å². The molecule has 0 saturated carbocycles. The van der Waals surface area contributed by atoms with Gasteiger partial charge in [0.15, 0.2) is 0 Å². The van der Waals surface area contributed by atoms with Gasteiger partial charge in [-0.3, -0.25) is 9.69 Å². The fourth-order valence-electron chi connectivity index (χ4n) is 3.37. The highest BCUT2D eigenvalue weighted by molar-refractivity contribution is 5.94. The predicted molar refractivity (Wildman–Crippen MR) is 109 cm³/mol. The maximum absolute atomic E-state index is 12.1. The second-order valence-corrected chi connectivity index (χ2v) is 7.10. The van der Waals surface area contributed by atoms with E-state index in [1.54, 1.807) is 24.3 Å². The summed E-state index contributed by atoms with van der Waals surface area (Å²) in [6.45, 7) is 6.27. The van der Waals surface area contributed by atoms with Gasteiger partial charge in [0.25, 0.3) is 5.91 Å². The topological polar surface area (TPSA) is 58.4 Å². The molecule has 1 amide bonds. The number of nitrogens with one attached hydrogen (secondary N) is 1. The van der Waals surface area contributed by atoms with Gasteiger partial charge in [0, 0.05) is 30.9 Å². The predicted octanol–water partition coefficient (Wildman–Crippen LogP) is 3.85. The van der Waals surface area contributed by atoms with Crippen molar-refractivity contribution in [1.82, 2.24) is 10.2 Å². The minimum absolute atomic E-state index is 0. The number of halogens is 1. The van der Waals surface area contributed by atoms with Crippen molar-refractivity contribution in [2.24, 2.45) is 5.92 Å². The third kappa shape index (κ3) is 5.75. The Hall–Kier alpha value is -2.04. The van der Waals surface area contributed by atoms with Crippen LogP contribution in [0.2, 0.25) is 0 Å². The summed E-state index contributed by atoms with van der Waals surface area (Å²) in [6.07, 6.45) is 2.65. The summed E-state index contributed by atoms with van der Waals surface area (Å²) in [5.41, 5.74) is 9.38. The van der Waals surface area contributed by atoms with Crippen LogP contribution in [-0.2, 0) is 13.1 Å². The third-order valence-electron chi connectivity index (χ3n) is 4.80. The molecule has 2 aromatic rings. The smallest absolute Gasteiger partial charge is 0.251 e. The van der Waals surface area contributed by atoms with Gasteiger partial charge in [0.2, 0.25) is 0 Å². The van der Waals surface area contributed by atoms with E-state index in [4.69, 9.17) is 5.73 Å². The van der Waals surface area contributed by atoms with E-state index in [2.05, 4.69) is 41.4 Å². The van der Waals surface area contributed by atoms with Crippen LogP contribution in [-0.4, -0.2) is 23.9 Å². The monoisotopic (exact) mass is 373 g/mol. The number of nitrogens with two attached hydrogens (primary N) is 1. The lowest BCUT2D eigenvalue weighted by Gasteiger charge is -2.30. The molecule has 3 rings (SSSR count). The summed E-state index contributed by atoms with van der Waals surface area (Å²) in [5.74, 6) is 0.725. The van der Waals surface area contributed by atoms with Gasteiger partial charge in [0.1, 0.15) is 0 Å². The van der Waals surface area contributed by atoms with E-state index in [0.717, 1.165) is 18.0 Å². The van der Waals surface area contributed by atoms with Gasteiger partial charge in [-0.05, 0) is 60.7 Å². The van der Waals surface area contributed by atoms with Gasteiger partial charge in [-0.2, -0.15) is 0 Å². The standard InChI is InChI=1S/C21H27N3O.ClH/c1-16-3-2-12-24(14-16)15-18-6-4-17(5-7-18)13-23-21(25)19-8-10-20(22)11-9-19;/h4-11,16H,2-3,12-15,22H2,1H3,(H,23,25);1H. The fourth-order valence-corrected chi connectivity index (χ4v) is 3.37. The minimum Gasteiger partial charge on any atom is -0.399 e. The molecule has 0 aliphatic carbocycles. The number of likely N-dealkylation sites (tertiary alicyclic amines) is 1. The zero-order valence-corrected chi connectivity index (χ0v) is 16.1. The molecule has 2 aromatic carbocycles. The summed E-state index contributed by atoms with van der Waals surface area (Å²) >= 11 is 0. The van der Waals surface area contributed by atoms with E-state index in [1.807, 2.05) is 0 Å². The molecule has 1 unspecified atom stereocenters. The summed E-state index contributed by atoms with van der Waals surface area (Å²) in [5, 5.41) is 2.95. The number of benzene rings is 2. The maximum atomic E-state index is 12.1. The first-order valence-corrected chi connectivity index (χ1v) is 9.04. The molecule has 1 heterocycles. The molecule has 5 heteroatoms. The van der Waals surface area contributed by atoms with Crippen molar-refractivity contribution in [2.75, 3.05) is 18.8 Å². The van der Waals surface area contributed by atoms with E-state index >= 15 is 0 Å². The summed E-state index contributed by atoms with van der Waals surface area (Å²) in [6, 6.07) is 15.5. The van der Waals surface area contributed by atoms with E-state index in [-0.39, 0.29) is 18.3 Å². The fraction of sp³-hybridized carbons (Fsp3) is 0.381. The molecular weight excluding hydrogens is 346 g/mol. The van der Waals surface area contributed by atoms with Crippen molar-refractivity contribution < 1.29 is 4.79 Å². The molecule has 0 aromatic heterocycles. The highest BCUT2D eigenvalue weighted by Crippen LogP contribution is 2.18. The van der Waals surface area contributed by atoms with E-state index in [0.29, 0.717) is 17.8 Å². The molecule has 1 fully saturated rings. The van der Waals surface area contributed by atoms with Gasteiger partial charge in [-0.25, -0.2) is 0 Å². The van der Waals surface area contributed by atoms with Crippen molar-refractivity contribution in [3.63, 3.8) is 0 Å². The van der Waals surface area contributed by atoms with E-state index in [1.165, 1.54) is 31.5 Å². The molecule has 3 N–H and O–H groups in total. The Bertz CT molecular complexity index is 700. The summed E-state index contributed by atoms with van der Waals surface area (Å²) < 4.78 is 0. The van der Waals surface area contributed by atoms with Crippen LogP contribution in [0.15, 0.2) is 48.5 Å². The van der Waals surface area contributed by atoms with Crippen LogP contribution < -0.4 is 11.1 Å². The second-order valence-electron chi connectivity index (χ2n) is 7.10. The van der Waals surface area contributed by atoms with Crippen LogP contribution in [0, 0.1) is 5.92 Å². The first-order chi connectivity index (χ1) is 12.1. The molecule has 1 atom stereocenters. The molecule has 4 nitrogen and oxygen atoms in total. The number of hydrogen-bond acceptors (Lipinski definition) is 3. The number of rotatable bonds is 5. The summed E-state index contributed by atoms with van der Waals surface area (Å²) in [4.78, 5) is 14.7. The number of hydrogen-bond donors (Lipinski definition) is 2. The Balaban J connectivity index is 0.00000243. The molecule has 0 spiro atoms. The quantitative estimate of drug-likeness (QED) is 0.782. The molecule has 140 valence electrons. The average Bonchev–Trinajstić information content (AvgIpc) is 2.61. The lowest BCUT2D eigenvalue weighted by atomic mass is 9.99. The SMILES string of the molecule is CC1CCCN(Cc2ccc(CNC(=O)c3ccc(N)cc3)cc2)C1.Cl. The van der Waals surface area contributed by atoms with Crippen molar-refractivity contribution in [3.05, 3.63) is 65.2 Å². The highest BCUT2D eigenvalue weighted by atomic mass is 35.5. The first-order valence-electron chi connectivity index (χ1n) is 9.04.